The number of rotatable bonds is 3. The van der Waals surface area contributed by atoms with E-state index in [1.165, 1.54) is 12.8 Å². The summed E-state index contributed by atoms with van der Waals surface area (Å²) in [5.74, 6) is 0.601. The molecule has 1 fully saturated rings. The predicted molar refractivity (Wildman–Crippen MR) is 78.8 cm³/mol. The lowest BCUT2D eigenvalue weighted by molar-refractivity contribution is 0.0595. The largest absolute Gasteiger partial charge is 0.384 e. The molecule has 0 aliphatic carbocycles. The molecule has 3 rings (SSSR count). The van der Waals surface area contributed by atoms with Gasteiger partial charge in [0.2, 0.25) is 0 Å². The summed E-state index contributed by atoms with van der Waals surface area (Å²) in [5.41, 5.74) is 2.05. The summed E-state index contributed by atoms with van der Waals surface area (Å²) in [6.45, 7) is 2.72. The number of benzene rings is 1. The molecule has 0 amide bonds. The average Bonchev–Trinajstić information content (AvgIpc) is 2.45. The SMILES string of the molecule is Clc1ccc2c(NCC3CCCOC3)ccnc2c1. The Labute approximate surface area is 117 Å². The van der Waals surface area contributed by atoms with Crippen LogP contribution in [0.2, 0.25) is 5.02 Å². The van der Waals surface area contributed by atoms with E-state index in [0.29, 0.717) is 5.92 Å². The van der Waals surface area contributed by atoms with Crippen LogP contribution in [0, 0.1) is 5.92 Å². The number of halogens is 1. The van der Waals surface area contributed by atoms with E-state index in [2.05, 4.69) is 10.3 Å². The number of ether oxygens (including phenoxy) is 1. The minimum atomic E-state index is 0.601. The Morgan fingerprint density at radius 1 is 1.37 bits per heavy atom. The quantitative estimate of drug-likeness (QED) is 0.928. The normalized spacial score (nSPS) is 19.5. The molecule has 3 nitrogen and oxygen atoms in total. The van der Waals surface area contributed by atoms with E-state index in [9.17, 15) is 0 Å². The third kappa shape index (κ3) is 2.99. The van der Waals surface area contributed by atoms with Gasteiger partial charge in [0.1, 0.15) is 0 Å². The van der Waals surface area contributed by atoms with E-state index < -0.39 is 0 Å². The van der Waals surface area contributed by atoms with Crippen LogP contribution in [0.25, 0.3) is 10.9 Å². The van der Waals surface area contributed by atoms with E-state index in [0.717, 1.165) is 41.4 Å². The van der Waals surface area contributed by atoms with Crippen molar-refractivity contribution < 1.29 is 4.74 Å². The van der Waals surface area contributed by atoms with E-state index in [1.54, 1.807) is 0 Å². The van der Waals surface area contributed by atoms with Crippen LogP contribution in [0.1, 0.15) is 12.8 Å². The Balaban J connectivity index is 1.76. The molecule has 1 aliphatic heterocycles. The number of aromatic nitrogens is 1. The summed E-state index contributed by atoms with van der Waals surface area (Å²) in [7, 11) is 0. The van der Waals surface area contributed by atoms with Crippen molar-refractivity contribution in [1.29, 1.82) is 0 Å². The maximum atomic E-state index is 5.99. The van der Waals surface area contributed by atoms with Crippen LogP contribution in [-0.2, 0) is 4.74 Å². The second-order valence-electron chi connectivity index (χ2n) is 4.98. The Hall–Kier alpha value is -1.32. The highest BCUT2D eigenvalue weighted by Crippen LogP contribution is 2.25. The maximum Gasteiger partial charge on any atom is 0.0737 e. The summed E-state index contributed by atoms with van der Waals surface area (Å²) < 4.78 is 5.50. The lowest BCUT2D eigenvalue weighted by Crippen LogP contribution is -2.24. The zero-order valence-corrected chi connectivity index (χ0v) is 11.5. The van der Waals surface area contributed by atoms with Gasteiger partial charge in [-0.3, -0.25) is 4.98 Å². The molecule has 0 spiro atoms. The fraction of sp³-hybridized carbons (Fsp3) is 0.400. The molecule has 0 radical (unpaired) electrons. The van der Waals surface area contributed by atoms with Crippen molar-refractivity contribution >= 4 is 28.2 Å². The molecule has 100 valence electrons. The fourth-order valence-corrected chi connectivity index (χ4v) is 2.66. The molecule has 2 heterocycles. The van der Waals surface area contributed by atoms with Crippen molar-refractivity contribution in [3.8, 4) is 0 Å². The molecule has 1 atom stereocenters. The molecule has 2 aromatic rings. The molecule has 1 aromatic heterocycles. The van der Waals surface area contributed by atoms with E-state index in [-0.39, 0.29) is 0 Å². The lowest BCUT2D eigenvalue weighted by atomic mass is 10.0. The number of hydrogen-bond acceptors (Lipinski definition) is 3. The molecule has 1 N–H and O–H groups in total. The van der Waals surface area contributed by atoms with Gasteiger partial charge in [0.05, 0.1) is 12.1 Å². The van der Waals surface area contributed by atoms with Crippen molar-refractivity contribution in [1.82, 2.24) is 4.98 Å². The standard InChI is InChI=1S/C15H17ClN2O/c16-12-3-4-13-14(5-6-17-15(13)8-12)18-9-11-2-1-7-19-10-11/h3-6,8,11H,1-2,7,9-10H2,(H,17,18). The van der Waals surface area contributed by atoms with Crippen LogP contribution in [-0.4, -0.2) is 24.7 Å². The lowest BCUT2D eigenvalue weighted by Gasteiger charge is -2.23. The Morgan fingerprint density at radius 3 is 3.16 bits per heavy atom. The van der Waals surface area contributed by atoms with Crippen LogP contribution in [0.3, 0.4) is 0 Å². The smallest absolute Gasteiger partial charge is 0.0737 e. The summed E-state index contributed by atoms with van der Waals surface area (Å²) >= 11 is 5.99. The van der Waals surface area contributed by atoms with Gasteiger partial charge in [0.15, 0.2) is 0 Å². The monoisotopic (exact) mass is 276 g/mol. The summed E-state index contributed by atoms with van der Waals surface area (Å²) in [4.78, 5) is 4.35. The van der Waals surface area contributed by atoms with E-state index in [1.807, 2.05) is 30.5 Å². The molecule has 4 heteroatoms. The number of fused-ring (bicyclic) bond motifs is 1. The van der Waals surface area contributed by atoms with Crippen LogP contribution in [0.4, 0.5) is 5.69 Å². The number of anilines is 1. The minimum Gasteiger partial charge on any atom is -0.384 e. The van der Waals surface area contributed by atoms with Gasteiger partial charge in [-0.15, -0.1) is 0 Å². The number of pyridine rings is 1. The van der Waals surface area contributed by atoms with Gasteiger partial charge in [-0.25, -0.2) is 0 Å². The molecular weight excluding hydrogens is 260 g/mol. The predicted octanol–water partition coefficient (Wildman–Crippen LogP) is 3.73. The third-order valence-electron chi connectivity index (χ3n) is 3.54. The highest BCUT2D eigenvalue weighted by molar-refractivity contribution is 6.31. The van der Waals surface area contributed by atoms with E-state index >= 15 is 0 Å². The first-order valence-corrected chi connectivity index (χ1v) is 7.06. The average molecular weight is 277 g/mol. The first-order chi connectivity index (χ1) is 9.33. The first-order valence-electron chi connectivity index (χ1n) is 6.69. The van der Waals surface area contributed by atoms with Gasteiger partial charge < -0.3 is 10.1 Å². The van der Waals surface area contributed by atoms with Gasteiger partial charge in [0.25, 0.3) is 0 Å². The van der Waals surface area contributed by atoms with Gasteiger partial charge in [0, 0.05) is 35.4 Å². The molecular formula is C15H17ClN2O. The van der Waals surface area contributed by atoms with Crippen molar-refractivity contribution in [2.24, 2.45) is 5.92 Å². The van der Waals surface area contributed by atoms with Gasteiger partial charge in [-0.1, -0.05) is 11.6 Å². The van der Waals surface area contributed by atoms with Crippen molar-refractivity contribution in [3.05, 3.63) is 35.5 Å². The highest BCUT2D eigenvalue weighted by Gasteiger charge is 2.13. The molecule has 1 unspecified atom stereocenters. The Morgan fingerprint density at radius 2 is 2.32 bits per heavy atom. The molecule has 1 aliphatic rings. The van der Waals surface area contributed by atoms with Crippen LogP contribution in [0.5, 0.6) is 0 Å². The van der Waals surface area contributed by atoms with Crippen LogP contribution >= 0.6 is 11.6 Å². The van der Waals surface area contributed by atoms with Crippen molar-refractivity contribution in [2.45, 2.75) is 12.8 Å². The second kappa shape index (κ2) is 5.76. The van der Waals surface area contributed by atoms with Crippen molar-refractivity contribution in [3.63, 3.8) is 0 Å². The topological polar surface area (TPSA) is 34.1 Å². The molecule has 0 saturated carbocycles. The molecule has 1 aromatic carbocycles. The number of nitrogens with zero attached hydrogens (tertiary/aromatic N) is 1. The number of nitrogens with one attached hydrogen (secondary N) is 1. The zero-order valence-electron chi connectivity index (χ0n) is 10.7. The van der Waals surface area contributed by atoms with Gasteiger partial charge >= 0.3 is 0 Å². The summed E-state index contributed by atoms with van der Waals surface area (Å²) in [5, 5.41) is 5.35. The highest BCUT2D eigenvalue weighted by atomic mass is 35.5. The fourth-order valence-electron chi connectivity index (χ4n) is 2.50. The van der Waals surface area contributed by atoms with Crippen molar-refractivity contribution in [2.75, 3.05) is 25.1 Å². The van der Waals surface area contributed by atoms with Gasteiger partial charge in [-0.2, -0.15) is 0 Å². The van der Waals surface area contributed by atoms with Crippen LogP contribution < -0.4 is 5.32 Å². The third-order valence-corrected chi connectivity index (χ3v) is 3.78. The van der Waals surface area contributed by atoms with Gasteiger partial charge in [-0.05, 0) is 43.0 Å². The number of hydrogen-bond donors (Lipinski definition) is 1. The first kappa shape index (κ1) is 12.7. The zero-order chi connectivity index (χ0) is 13.1. The maximum absolute atomic E-state index is 5.99. The Bertz CT molecular complexity index is 567. The second-order valence-corrected chi connectivity index (χ2v) is 5.42. The summed E-state index contributed by atoms with van der Waals surface area (Å²) in [6.07, 6.45) is 4.22. The summed E-state index contributed by atoms with van der Waals surface area (Å²) in [6, 6.07) is 7.83. The van der Waals surface area contributed by atoms with Crippen LogP contribution in [0.15, 0.2) is 30.5 Å². The molecule has 19 heavy (non-hydrogen) atoms. The minimum absolute atomic E-state index is 0.601. The Kier molecular flexibility index (Phi) is 3.85. The van der Waals surface area contributed by atoms with E-state index in [4.69, 9.17) is 16.3 Å². The molecule has 0 bridgehead atoms. The molecule has 1 saturated heterocycles.